The van der Waals surface area contributed by atoms with E-state index in [-0.39, 0.29) is 0 Å². The average Bonchev–Trinajstić information content (AvgIpc) is 3.58. The Hall–Kier alpha value is -4.57. The minimum atomic E-state index is 0.911. The van der Waals surface area contributed by atoms with Gasteiger partial charge >= 0.3 is 0 Å². The summed E-state index contributed by atoms with van der Waals surface area (Å²) in [6.07, 6.45) is 9.49. The zero-order chi connectivity index (χ0) is 22.7. The van der Waals surface area contributed by atoms with E-state index in [0.717, 1.165) is 35.0 Å². The third kappa shape index (κ3) is 2.15. The van der Waals surface area contributed by atoms with E-state index in [9.17, 15) is 0 Å². The molecule has 0 radical (unpaired) electrons. The molecule has 4 aromatic heterocycles. The SMILES string of the molecule is c1ccc2c(c1)Cc1cc3c(cc1-2)-c1ccc2c4ccncc4n4c5ccncc5nc4c2c1C3. The van der Waals surface area contributed by atoms with Crippen molar-refractivity contribution >= 4 is 38.4 Å². The number of hydrogen-bond donors (Lipinski definition) is 0. The first kappa shape index (κ1) is 17.8. The Morgan fingerprint density at radius 2 is 1.49 bits per heavy atom. The first-order chi connectivity index (χ1) is 17.3. The molecule has 162 valence electrons. The molecule has 0 unspecified atom stereocenters. The lowest BCUT2D eigenvalue weighted by molar-refractivity contribution is 1.22. The van der Waals surface area contributed by atoms with Gasteiger partial charge in [0.2, 0.25) is 0 Å². The number of imidazole rings is 1. The third-order valence-electron chi connectivity index (χ3n) is 8.00. The van der Waals surface area contributed by atoms with Crippen LogP contribution < -0.4 is 0 Å². The molecule has 0 amide bonds. The molecule has 0 spiro atoms. The van der Waals surface area contributed by atoms with Gasteiger partial charge in [-0.25, -0.2) is 4.98 Å². The molecule has 0 N–H and O–H groups in total. The highest BCUT2D eigenvalue weighted by atomic mass is 15.0. The van der Waals surface area contributed by atoms with Crippen molar-refractivity contribution in [2.75, 3.05) is 0 Å². The molecule has 4 heterocycles. The maximum absolute atomic E-state index is 5.10. The predicted molar refractivity (Wildman–Crippen MR) is 140 cm³/mol. The lowest BCUT2D eigenvalue weighted by Gasteiger charge is -2.12. The summed E-state index contributed by atoms with van der Waals surface area (Å²) in [6, 6.07) is 22.5. The summed E-state index contributed by atoms with van der Waals surface area (Å²) in [5.74, 6) is 0. The molecule has 0 aliphatic heterocycles. The van der Waals surface area contributed by atoms with E-state index in [1.807, 2.05) is 30.9 Å². The van der Waals surface area contributed by atoms with Crippen LogP contribution in [0.1, 0.15) is 22.3 Å². The molecule has 0 saturated carbocycles. The van der Waals surface area contributed by atoms with Gasteiger partial charge in [-0.2, -0.15) is 0 Å². The van der Waals surface area contributed by atoms with Crippen molar-refractivity contribution in [1.82, 2.24) is 19.4 Å². The molecule has 35 heavy (non-hydrogen) atoms. The zero-order valence-electron chi connectivity index (χ0n) is 18.8. The zero-order valence-corrected chi connectivity index (χ0v) is 18.8. The van der Waals surface area contributed by atoms with Crippen LogP contribution in [0.15, 0.2) is 85.5 Å². The second kappa shape index (κ2) is 6.10. The molecule has 4 nitrogen and oxygen atoms in total. The van der Waals surface area contributed by atoms with Gasteiger partial charge in [-0.3, -0.25) is 14.4 Å². The van der Waals surface area contributed by atoms with Crippen LogP contribution in [0.2, 0.25) is 0 Å². The second-order valence-corrected chi connectivity index (χ2v) is 9.72. The van der Waals surface area contributed by atoms with Crippen molar-refractivity contribution in [3.63, 3.8) is 0 Å². The van der Waals surface area contributed by atoms with Crippen LogP contribution in [0.3, 0.4) is 0 Å². The normalized spacial score (nSPS) is 13.5. The number of fused-ring (bicyclic) bond motifs is 15. The van der Waals surface area contributed by atoms with Gasteiger partial charge in [-0.1, -0.05) is 42.5 Å². The van der Waals surface area contributed by atoms with Gasteiger partial charge < -0.3 is 0 Å². The molecule has 3 aromatic carbocycles. The number of benzene rings is 3. The van der Waals surface area contributed by atoms with Gasteiger partial charge in [-0.05, 0) is 80.9 Å². The second-order valence-electron chi connectivity index (χ2n) is 9.72. The van der Waals surface area contributed by atoms with E-state index in [1.165, 1.54) is 60.7 Å². The maximum atomic E-state index is 5.10. The highest BCUT2D eigenvalue weighted by Crippen LogP contribution is 2.47. The van der Waals surface area contributed by atoms with Gasteiger partial charge in [0.05, 0.1) is 23.4 Å². The molecule has 7 aromatic rings. The molecule has 0 saturated heterocycles. The fourth-order valence-corrected chi connectivity index (χ4v) is 6.52. The smallest absolute Gasteiger partial charge is 0.146 e. The van der Waals surface area contributed by atoms with Crippen LogP contribution in [0, 0.1) is 0 Å². The van der Waals surface area contributed by atoms with Crippen molar-refractivity contribution < 1.29 is 0 Å². The minimum absolute atomic E-state index is 0.911. The van der Waals surface area contributed by atoms with Crippen molar-refractivity contribution in [2.45, 2.75) is 12.8 Å². The Balaban J connectivity index is 1.41. The minimum Gasteiger partial charge on any atom is -0.290 e. The summed E-state index contributed by atoms with van der Waals surface area (Å²) in [5, 5.41) is 3.69. The number of nitrogens with zero attached hydrogens (tertiary/aromatic N) is 4. The van der Waals surface area contributed by atoms with Crippen molar-refractivity contribution in [3.8, 4) is 22.3 Å². The van der Waals surface area contributed by atoms with Crippen LogP contribution >= 0.6 is 0 Å². The van der Waals surface area contributed by atoms with E-state index >= 15 is 0 Å². The Morgan fingerprint density at radius 3 is 2.49 bits per heavy atom. The van der Waals surface area contributed by atoms with E-state index in [4.69, 9.17) is 4.98 Å². The van der Waals surface area contributed by atoms with Gasteiger partial charge in [0.25, 0.3) is 0 Å². The van der Waals surface area contributed by atoms with Gasteiger partial charge in [-0.15, -0.1) is 0 Å². The van der Waals surface area contributed by atoms with Crippen LogP contribution in [0.5, 0.6) is 0 Å². The first-order valence-electron chi connectivity index (χ1n) is 12.0. The Kier molecular flexibility index (Phi) is 3.11. The Bertz CT molecular complexity index is 2070. The van der Waals surface area contributed by atoms with Gasteiger partial charge in [0.1, 0.15) is 11.2 Å². The van der Waals surface area contributed by atoms with Crippen LogP contribution in [0.4, 0.5) is 0 Å². The highest BCUT2D eigenvalue weighted by molar-refractivity contribution is 6.16. The quantitative estimate of drug-likeness (QED) is 0.243. The van der Waals surface area contributed by atoms with E-state index in [2.05, 4.69) is 69.0 Å². The molecule has 2 aliphatic rings. The largest absolute Gasteiger partial charge is 0.290 e. The number of rotatable bonds is 0. The monoisotopic (exact) mass is 446 g/mol. The highest BCUT2D eigenvalue weighted by Gasteiger charge is 2.28. The molecule has 0 fully saturated rings. The van der Waals surface area contributed by atoms with Crippen molar-refractivity contribution in [1.29, 1.82) is 0 Å². The lowest BCUT2D eigenvalue weighted by Crippen LogP contribution is -1.95. The number of hydrogen-bond acceptors (Lipinski definition) is 3. The molecular formula is C31H18N4. The third-order valence-corrected chi connectivity index (χ3v) is 8.00. The Morgan fingerprint density at radius 1 is 0.629 bits per heavy atom. The summed E-state index contributed by atoms with van der Waals surface area (Å²) in [6.45, 7) is 0. The molecule has 4 heteroatoms. The number of aromatic nitrogens is 4. The van der Waals surface area contributed by atoms with E-state index in [1.54, 1.807) is 0 Å². The molecule has 0 atom stereocenters. The van der Waals surface area contributed by atoms with Crippen molar-refractivity contribution in [2.24, 2.45) is 0 Å². The van der Waals surface area contributed by atoms with Crippen molar-refractivity contribution in [3.05, 3.63) is 108 Å². The van der Waals surface area contributed by atoms with Crippen LogP contribution in [-0.2, 0) is 12.8 Å². The maximum Gasteiger partial charge on any atom is 0.146 e. The molecule has 0 bridgehead atoms. The van der Waals surface area contributed by atoms with E-state index in [0.29, 0.717) is 0 Å². The summed E-state index contributed by atoms with van der Waals surface area (Å²) < 4.78 is 2.27. The van der Waals surface area contributed by atoms with Crippen LogP contribution in [-0.4, -0.2) is 19.4 Å². The Labute approximate surface area is 200 Å². The summed E-state index contributed by atoms with van der Waals surface area (Å²) in [4.78, 5) is 13.9. The fourth-order valence-electron chi connectivity index (χ4n) is 6.52. The summed E-state index contributed by atoms with van der Waals surface area (Å²) >= 11 is 0. The summed E-state index contributed by atoms with van der Waals surface area (Å²) in [5.41, 5.74) is 15.2. The number of pyridine rings is 3. The topological polar surface area (TPSA) is 43.1 Å². The first-order valence-corrected chi connectivity index (χ1v) is 12.0. The molecular weight excluding hydrogens is 428 g/mol. The average molecular weight is 447 g/mol. The van der Waals surface area contributed by atoms with Gasteiger partial charge in [0, 0.05) is 23.2 Å². The predicted octanol–water partition coefficient (Wildman–Crippen LogP) is 6.73. The standard InChI is InChI=1S/C31H18N4/c1-2-4-20-17(3-1)11-18-12-19-13-26-21(25(19)14-24(18)20)5-6-23-22-7-9-33-16-29(22)35-28-8-10-32-15-27(28)34-31(35)30(23)26/h1-10,12,14-16H,11,13H2. The lowest BCUT2D eigenvalue weighted by atomic mass is 9.96. The van der Waals surface area contributed by atoms with Crippen LogP contribution in [0.25, 0.3) is 60.6 Å². The molecule has 9 rings (SSSR count). The summed E-state index contributed by atoms with van der Waals surface area (Å²) in [7, 11) is 0. The van der Waals surface area contributed by atoms with E-state index < -0.39 is 0 Å². The molecule has 2 aliphatic carbocycles. The van der Waals surface area contributed by atoms with Gasteiger partial charge in [0.15, 0.2) is 0 Å². The fraction of sp³-hybridized carbons (Fsp3) is 0.0645.